The zero-order chi connectivity index (χ0) is 12.7. The molecule has 0 aliphatic rings. The van der Waals surface area contributed by atoms with Gasteiger partial charge in [-0.3, -0.25) is 4.18 Å². The van der Waals surface area contributed by atoms with Gasteiger partial charge in [-0.2, -0.15) is 8.42 Å². The van der Waals surface area contributed by atoms with E-state index in [1.807, 2.05) is 0 Å². The van der Waals surface area contributed by atoms with E-state index in [0.717, 1.165) is 0 Å². The van der Waals surface area contributed by atoms with Crippen LogP contribution in [0, 0.1) is 0 Å². The monoisotopic (exact) mass is 260 g/mol. The van der Waals surface area contributed by atoms with Crippen molar-refractivity contribution in [3.05, 3.63) is 24.3 Å². The molecule has 1 aromatic carbocycles. The molecular formula is C11H16O5S. The molecule has 0 bridgehead atoms. The SMILES string of the molecule is COCCCOS(=O)(=O)c1ccc(OC)cc1. The lowest BCUT2D eigenvalue weighted by molar-refractivity contribution is 0.174. The van der Waals surface area contributed by atoms with E-state index in [-0.39, 0.29) is 11.5 Å². The van der Waals surface area contributed by atoms with Crippen LogP contribution in [-0.2, 0) is 19.0 Å². The third-order valence-corrected chi connectivity index (χ3v) is 3.41. The highest BCUT2D eigenvalue weighted by atomic mass is 32.2. The van der Waals surface area contributed by atoms with Crippen LogP contribution in [0.2, 0.25) is 0 Å². The number of rotatable bonds is 7. The number of hydrogen-bond acceptors (Lipinski definition) is 5. The largest absolute Gasteiger partial charge is 0.497 e. The fraction of sp³-hybridized carbons (Fsp3) is 0.455. The zero-order valence-corrected chi connectivity index (χ0v) is 10.7. The Morgan fingerprint density at radius 3 is 2.24 bits per heavy atom. The minimum atomic E-state index is -3.68. The maximum atomic E-state index is 11.7. The van der Waals surface area contributed by atoms with E-state index in [9.17, 15) is 8.42 Å². The molecule has 0 fully saturated rings. The van der Waals surface area contributed by atoms with Crippen LogP contribution < -0.4 is 4.74 Å². The average molecular weight is 260 g/mol. The summed E-state index contributed by atoms with van der Waals surface area (Å²) in [6.45, 7) is 0.584. The Morgan fingerprint density at radius 1 is 1.06 bits per heavy atom. The molecule has 0 unspecified atom stereocenters. The molecule has 0 aliphatic heterocycles. The Balaban J connectivity index is 2.62. The summed E-state index contributed by atoms with van der Waals surface area (Å²) >= 11 is 0. The normalized spacial score (nSPS) is 11.4. The van der Waals surface area contributed by atoms with E-state index in [2.05, 4.69) is 0 Å². The lowest BCUT2D eigenvalue weighted by Crippen LogP contribution is -2.08. The first kappa shape index (κ1) is 14.0. The van der Waals surface area contributed by atoms with Crippen LogP contribution in [0.25, 0.3) is 0 Å². The Hall–Kier alpha value is -1.11. The van der Waals surface area contributed by atoms with Gasteiger partial charge in [-0.15, -0.1) is 0 Å². The summed E-state index contributed by atoms with van der Waals surface area (Å²) in [5.74, 6) is 0.600. The van der Waals surface area contributed by atoms with Crippen LogP contribution in [0.3, 0.4) is 0 Å². The minimum Gasteiger partial charge on any atom is -0.497 e. The van der Waals surface area contributed by atoms with Crippen molar-refractivity contribution in [1.29, 1.82) is 0 Å². The van der Waals surface area contributed by atoms with Crippen molar-refractivity contribution in [2.45, 2.75) is 11.3 Å². The average Bonchev–Trinajstić information content (AvgIpc) is 2.35. The molecule has 0 aromatic heterocycles. The maximum Gasteiger partial charge on any atom is 0.296 e. The highest BCUT2D eigenvalue weighted by Gasteiger charge is 2.14. The Labute approximate surface area is 101 Å². The second-order valence-corrected chi connectivity index (χ2v) is 4.91. The van der Waals surface area contributed by atoms with Crippen molar-refractivity contribution in [3.8, 4) is 5.75 Å². The van der Waals surface area contributed by atoms with Gasteiger partial charge in [0.1, 0.15) is 5.75 Å². The Kier molecular flexibility index (Phi) is 5.40. The number of hydrogen-bond donors (Lipinski definition) is 0. The van der Waals surface area contributed by atoms with Gasteiger partial charge in [-0.05, 0) is 30.7 Å². The molecule has 0 spiro atoms. The molecule has 5 nitrogen and oxygen atoms in total. The lowest BCUT2D eigenvalue weighted by atomic mass is 10.3. The van der Waals surface area contributed by atoms with Gasteiger partial charge >= 0.3 is 0 Å². The van der Waals surface area contributed by atoms with Crippen molar-refractivity contribution in [2.24, 2.45) is 0 Å². The first-order valence-corrected chi connectivity index (χ1v) is 6.53. The molecule has 0 radical (unpaired) electrons. The van der Waals surface area contributed by atoms with Crippen molar-refractivity contribution >= 4 is 10.1 Å². The van der Waals surface area contributed by atoms with Crippen molar-refractivity contribution in [2.75, 3.05) is 27.4 Å². The first-order chi connectivity index (χ1) is 8.10. The predicted octanol–water partition coefficient (Wildman–Crippen LogP) is 1.44. The summed E-state index contributed by atoms with van der Waals surface area (Å²) in [7, 11) is -0.605. The number of ether oxygens (including phenoxy) is 2. The molecule has 0 saturated heterocycles. The second-order valence-electron chi connectivity index (χ2n) is 3.30. The molecule has 1 aromatic rings. The quantitative estimate of drug-likeness (QED) is 0.548. The second kappa shape index (κ2) is 6.58. The molecule has 0 N–H and O–H groups in total. The fourth-order valence-electron chi connectivity index (χ4n) is 1.18. The highest BCUT2D eigenvalue weighted by Crippen LogP contribution is 2.17. The van der Waals surface area contributed by atoms with E-state index in [1.54, 1.807) is 19.2 Å². The summed E-state index contributed by atoms with van der Waals surface area (Å²) in [6.07, 6.45) is 0.534. The van der Waals surface area contributed by atoms with Gasteiger partial charge in [0.05, 0.1) is 18.6 Å². The molecule has 1 rings (SSSR count). The lowest BCUT2D eigenvalue weighted by Gasteiger charge is -2.06. The fourth-order valence-corrected chi connectivity index (χ4v) is 2.13. The van der Waals surface area contributed by atoms with Crippen molar-refractivity contribution in [3.63, 3.8) is 0 Å². The molecule has 0 heterocycles. The van der Waals surface area contributed by atoms with Crippen LogP contribution >= 0.6 is 0 Å². The Bertz CT molecular complexity index is 424. The van der Waals surface area contributed by atoms with Crippen LogP contribution in [0.5, 0.6) is 5.75 Å². The van der Waals surface area contributed by atoms with Crippen molar-refractivity contribution < 1.29 is 22.1 Å². The maximum absolute atomic E-state index is 11.7. The van der Waals surface area contributed by atoms with Crippen LogP contribution in [-0.4, -0.2) is 35.9 Å². The summed E-state index contributed by atoms with van der Waals surface area (Å²) < 4.78 is 38.0. The van der Waals surface area contributed by atoms with Crippen molar-refractivity contribution in [1.82, 2.24) is 0 Å². The topological polar surface area (TPSA) is 61.8 Å². The molecule has 0 saturated carbocycles. The Morgan fingerprint density at radius 2 is 1.71 bits per heavy atom. The number of methoxy groups -OCH3 is 2. The highest BCUT2D eigenvalue weighted by molar-refractivity contribution is 7.86. The van der Waals surface area contributed by atoms with E-state index in [1.165, 1.54) is 19.2 Å². The first-order valence-electron chi connectivity index (χ1n) is 5.12. The molecule has 96 valence electrons. The van der Waals surface area contributed by atoms with Gasteiger partial charge in [-0.1, -0.05) is 0 Å². The molecular weight excluding hydrogens is 244 g/mol. The molecule has 17 heavy (non-hydrogen) atoms. The predicted molar refractivity (Wildman–Crippen MR) is 62.6 cm³/mol. The molecule has 0 amide bonds. The van der Waals surface area contributed by atoms with Gasteiger partial charge in [0, 0.05) is 13.7 Å². The summed E-state index contributed by atoms with van der Waals surface area (Å²) in [6, 6.07) is 6.05. The van der Waals surface area contributed by atoms with E-state index < -0.39 is 10.1 Å². The third kappa shape index (κ3) is 4.33. The van der Waals surface area contributed by atoms with Gasteiger partial charge < -0.3 is 9.47 Å². The summed E-state index contributed by atoms with van der Waals surface area (Å²) in [4.78, 5) is 0.121. The van der Waals surface area contributed by atoms with E-state index in [0.29, 0.717) is 18.8 Å². The molecule has 6 heteroatoms. The third-order valence-electron chi connectivity index (χ3n) is 2.08. The number of benzene rings is 1. The van der Waals surface area contributed by atoms with Gasteiger partial charge in [0.25, 0.3) is 10.1 Å². The van der Waals surface area contributed by atoms with Crippen LogP contribution in [0.15, 0.2) is 29.2 Å². The molecule has 0 atom stereocenters. The standard InChI is InChI=1S/C11H16O5S/c1-14-8-3-9-16-17(12,13)11-6-4-10(15-2)5-7-11/h4-7H,3,8-9H2,1-2H3. The minimum absolute atomic E-state index is 0.113. The van der Waals surface area contributed by atoms with Crippen LogP contribution in [0.4, 0.5) is 0 Å². The van der Waals surface area contributed by atoms with Gasteiger partial charge in [0.15, 0.2) is 0 Å². The smallest absolute Gasteiger partial charge is 0.296 e. The zero-order valence-electron chi connectivity index (χ0n) is 9.88. The van der Waals surface area contributed by atoms with E-state index in [4.69, 9.17) is 13.7 Å². The summed E-state index contributed by atoms with van der Waals surface area (Å²) in [5, 5.41) is 0. The van der Waals surface area contributed by atoms with Gasteiger partial charge in [-0.25, -0.2) is 0 Å². The van der Waals surface area contributed by atoms with Gasteiger partial charge in [0.2, 0.25) is 0 Å². The summed E-state index contributed by atoms with van der Waals surface area (Å²) in [5.41, 5.74) is 0. The van der Waals surface area contributed by atoms with Crippen LogP contribution in [0.1, 0.15) is 6.42 Å². The van der Waals surface area contributed by atoms with E-state index >= 15 is 0 Å². The molecule has 0 aliphatic carbocycles.